The molecule has 1 aliphatic carbocycles. The van der Waals surface area contributed by atoms with Crippen LogP contribution >= 0.6 is 0 Å². The van der Waals surface area contributed by atoms with Gasteiger partial charge in [0, 0.05) is 38.8 Å². The van der Waals surface area contributed by atoms with Crippen LogP contribution in [0.3, 0.4) is 0 Å². The van der Waals surface area contributed by atoms with Crippen molar-refractivity contribution in [1.29, 1.82) is 0 Å². The van der Waals surface area contributed by atoms with E-state index in [4.69, 9.17) is 0 Å². The summed E-state index contributed by atoms with van der Waals surface area (Å²) in [6.07, 6.45) is 0. The zero-order valence-corrected chi connectivity index (χ0v) is 29.9. The number of fused-ring (bicyclic) bond motifs is 6. The van der Waals surface area contributed by atoms with Crippen LogP contribution in [0.4, 0.5) is 17.1 Å². The Morgan fingerprint density at radius 2 is 0.868 bits per heavy atom. The molecule has 252 valence electrons. The molecule has 0 atom stereocenters. The third-order valence-electron chi connectivity index (χ3n) is 11.2. The Kier molecular flexibility index (Phi) is 7.19. The highest BCUT2D eigenvalue weighted by molar-refractivity contribution is 6.09. The van der Waals surface area contributed by atoms with Gasteiger partial charge in [-0.25, -0.2) is 0 Å². The summed E-state index contributed by atoms with van der Waals surface area (Å²) in [5.41, 5.74) is 17.1. The molecule has 9 aromatic rings. The van der Waals surface area contributed by atoms with Gasteiger partial charge in [0.25, 0.3) is 0 Å². The van der Waals surface area contributed by atoms with Gasteiger partial charge in [-0.2, -0.15) is 0 Å². The van der Waals surface area contributed by atoms with Gasteiger partial charge in [-0.1, -0.05) is 153 Å². The Morgan fingerprint density at radius 3 is 1.55 bits per heavy atom. The zero-order valence-electron chi connectivity index (χ0n) is 29.9. The van der Waals surface area contributed by atoms with Crippen molar-refractivity contribution in [2.75, 3.05) is 4.90 Å². The predicted octanol–water partition coefficient (Wildman–Crippen LogP) is 13.9. The first-order chi connectivity index (χ1) is 26.1. The Labute approximate surface area is 310 Å². The molecule has 1 heterocycles. The van der Waals surface area contributed by atoms with E-state index in [-0.39, 0.29) is 5.41 Å². The van der Waals surface area contributed by atoms with Crippen LogP contribution in [0.15, 0.2) is 194 Å². The van der Waals surface area contributed by atoms with E-state index in [1.807, 2.05) is 0 Å². The number of hydrogen-bond acceptors (Lipinski definition) is 1. The summed E-state index contributed by atoms with van der Waals surface area (Å²) in [4.78, 5) is 2.40. The van der Waals surface area contributed by atoms with Gasteiger partial charge in [0.1, 0.15) is 0 Å². The van der Waals surface area contributed by atoms with E-state index in [0.717, 1.165) is 17.1 Å². The van der Waals surface area contributed by atoms with E-state index in [1.54, 1.807) is 0 Å². The highest BCUT2D eigenvalue weighted by Crippen LogP contribution is 2.50. The fourth-order valence-electron chi connectivity index (χ4n) is 8.60. The molecule has 0 unspecified atom stereocenters. The minimum absolute atomic E-state index is 0.0921. The first-order valence-electron chi connectivity index (χ1n) is 18.4. The number of benzene rings is 8. The highest BCUT2D eigenvalue weighted by Gasteiger charge is 2.35. The summed E-state index contributed by atoms with van der Waals surface area (Å²) in [5.74, 6) is 0. The Bertz CT molecular complexity index is 2730. The van der Waals surface area contributed by atoms with E-state index < -0.39 is 0 Å². The van der Waals surface area contributed by atoms with Crippen molar-refractivity contribution >= 4 is 38.9 Å². The van der Waals surface area contributed by atoms with Crippen molar-refractivity contribution in [3.8, 4) is 39.1 Å². The van der Waals surface area contributed by atoms with Crippen molar-refractivity contribution in [2.24, 2.45) is 0 Å². The molecule has 0 saturated heterocycles. The van der Waals surface area contributed by atoms with Crippen molar-refractivity contribution in [2.45, 2.75) is 19.3 Å². The van der Waals surface area contributed by atoms with Crippen molar-refractivity contribution in [1.82, 2.24) is 4.57 Å². The van der Waals surface area contributed by atoms with Crippen LogP contribution in [0.2, 0.25) is 0 Å². The normalized spacial score (nSPS) is 12.9. The highest BCUT2D eigenvalue weighted by atomic mass is 15.1. The van der Waals surface area contributed by atoms with E-state index in [0.29, 0.717) is 0 Å². The molecule has 0 fully saturated rings. The fourth-order valence-corrected chi connectivity index (χ4v) is 8.60. The third kappa shape index (κ3) is 5.02. The quantitative estimate of drug-likeness (QED) is 0.170. The number of nitrogens with zero attached hydrogens (tertiary/aromatic N) is 2. The van der Waals surface area contributed by atoms with Crippen molar-refractivity contribution in [3.63, 3.8) is 0 Å². The van der Waals surface area contributed by atoms with Gasteiger partial charge in [-0.05, 0) is 93.5 Å². The van der Waals surface area contributed by atoms with Crippen LogP contribution in [0.5, 0.6) is 0 Å². The number of anilines is 3. The van der Waals surface area contributed by atoms with Crippen molar-refractivity contribution < 1.29 is 0 Å². The van der Waals surface area contributed by atoms with Crippen LogP contribution in [0, 0.1) is 0 Å². The molecule has 0 saturated carbocycles. The van der Waals surface area contributed by atoms with Gasteiger partial charge in [0.05, 0.1) is 16.7 Å². The van der Waals surface area contributed by atoms with Crippen LogP contribution in [-0.2, 0) is 5.41 Å². The standard InChI is InChI=1S/C51H38N2/c1-51(2)46-20-10-6-17-42(46)43-33-32-40(34-47(43)51)52(38-28-24-36(25-29-38)35-14-4-3-5-15-35)39-30-26-37(27-31-39)41-16-7-11-21-48(41)53-49-22-12-8-18-44(49)45-19-9-13-23-50(45)53/h3-34H,1-2H3. The SMILES string of the molecule is CC1(C)c2ccccc2-c2ccc(N(c3ccc(-c4ccccc4)cc3)c3ccc(-c4ccccc4-n4c5ccccc5c5ccccc54)cc3)cc21. The topological polar surface area (TPSA) is 8.17 Å². The second-order valence-electron chi connectivity index (χ2n) is 14.6. The van der Waals surface area contributed by atoms with Crippen LogP contribution in [0.25, 0.3) is 60.9 Å². The molecule has 0 spiro atoms. The lowest BCUT2D eigenvalue weighted by Crippen LogP contribution is -2.16. The van der Waals surface area contributed by atoms with Gasteiger partial charge in [-0.15, -0.1) is 0 Å². The van der Waals surface area contributed by atoms with Crippen LogP contribution in [0.1, 0.15) is 25.0 Å². The summed E-state index contributed by atoms with van der Waals surface area (Å²) < 4.78 is 2.42. The molecule has 0 bridgehead atoms. The third-order valence-corrected chi connectivity index (χ3v) is 11.2. The summed E-state index contributed by atoms with van der Waals surface area (Å²) in [6, 6.07) is 70.8. The van der Waals surface area contributed by atoms with Crippen LogP contribution < -0.4 is 4.90 Å². The predicted molar refractivity (Wildman–Crippen MR) is 224 cm³/mol. The monoisotopic (exact) mass is 678 g/mol. The number of para-hydroxylation sites is 3. The van der Waals surface area contributed by atoms with E-state index in [9.17, 15) is 0 Å². The Hall–Kier alpha value is -6.64. The summed E-state index contributed by atoms with van der Waals surface area (Å²) in [6.45, 7) is 4.70. The fraction of sp³-hybridized carbons (Fsp3) is 0.0588. The molecule has 1 aliphatic rings. The molecule has 2 nitrogen and oxygen atoms in total. The number of aromatic nitrogens is 1. The maximum absolute atomic E-state index is 2.42. The number of hydrogen-bond donors (Lipinski definition) is 0. The van der Waals surface area contributed by atoms with E-state index >= 15 is 0 Å². The van der Waals surface area contributed by atoms with Crippen LogP contribution in [-0.4, -0.2) is 4.57 Å². The molecular weight excluding hydrogens is 641 g/mol. The molecule has 2 heteroatoms. The van der Waals surface area contributed by atoms with Gasteiger partial charge in [-0.3, -0.25) is 0 Å². The first kappa shape index (κ1) is 31.1. The summed E-state index contributed by atoms with van der Waals surface area (Å²) in [7, 11) is 0. The molecule has 0 radical (unpaired) electrons. The summed E-state index contributed by atoms with van der Waals surface area (Å²) in [5, 5.41) is 2.53. The first-order valence-corrected chi connectivity index (χ1v) is 18.4. The molecule has 10 rings (SSSR count). The van der Waals surface area contributed by atoms with Crippen molar-refractivity contribution in [3.05, 3.63) is 205 Å². The van der Waals surface area contributed by atoms with Gasteiger partial charge >= 0.3 is 0 Å². The zero-order chi connectivity index (χ0) is 35.5. The maximum atomic E-state index is 2.42. The smallest absolute Gasteiger partial charge is 0.0541 e. The second-order valence-corrected chi connectivity index (χ2v) is 14.6. The van der Waals surface area contributed by atoms with Gasteiger partial charge in [0.2, 0.25) is 0 Å². The average molecular weight is 679 g/mol. The Balaban J connectivity index is 1.10. The van der Waals surface area contributed by atoms with Gasteiger partial charge < -0.3 is 9.47 Å². The largest absolute Gasteiger partial charge is 0.310 e. The molecular formula is C51H38N2. The second kappa shape index (κ2) is 12.3. The van der Waals surface area contributed by atoms with Gasteiger partial charge in [0.15, 0.2) is 0 Å². The Morgan fingerprint density at radius 1 is 0.377 bits per heavy atom. The summed E-state index contributed by atoms with van der Waals surface area (Å²) >= 11 is 0. The number of rotatable bonds is 6. The minimum Gasteiger partial charge on any atom is -0.310 e. The lowest BCUT2D eigenvalue weighted by Gasteiger charge is -2.28. The molecule has 0 amide bonds. The lowest BCUT2D eigenvalue weighted by atomic mass is 9.82. The molecule has 0 aliphatic heterocycles. The molecule has 53 heavy (non-hydrogen) atoms. The maximum Gasteiger partial charge on any atom is 0.0541 e. The minimum atomic E-state index is -0.0921. The molecule has 0 N–H and O–H groups in total. The molecule has 1 aromatic heterocycles. The molecule has 8 aromatic carbocycles. The van der Waals surface area contributed by atoms with E-state index in [1.165, 1.54) is 72.0 Å². The average Bonchev–Trinajstić information content (AvgIpc) is 3.67. The van der Waals surface area contributed by atoms with E-state index in [2.05, 4.69) is 217 Å². The lowest BCUT2D eigenvalue weighted by molar-refractivity contribution is 0.660.